The lowest BCUT2D eigenvalue weighted by Gasteiger charge is -2.33. The van der Waals surface area contributed by atoms with E-state index in [0.29, 0.717) is 6.04 Å². The molecule has 0 radical (unpaired) electrons. The topological polar surface area (TPSA) is 61.7 Å². The molecule has 0 amide bonds. The van der Waals surface area contributed by atoms with Crippen LogP contribution in [0.25, 0.3) is 0 Å². The Bertz CT molecular complexity index is 465. The lowest BCUT2D eigenvalue weighted by Crippen LogP contribution is -3.28. The van der Waals surface area contributed by atoms with Crippen LogP contribution in [0, 0.1) is 0 Å². The number of nitrogens with zero attached hydrogens (tertiary/aromatic N) is 4. The van der Waals surface area contributed by atoms with Crippen LogP contribution in [0.3, 0.4) is 0 Å². The molecule has 2 fully saturated rings. The predicted molar refractivity (Wildman–Crippen MR) is 86.4 cm³/mol. The van der Waals surface area contributed by atoms with Crippen molar-refractivity contribution in [3.63, 3.8) is 0 Å². The van der Waals surface area contributed by atoms with Gasteiger partial charge >= 0.3 is 0 Å². The van der Waals surface area contributed by atoms with Gasteiger partial charge in [-0.3, -0.25) is 0 Å². The largest absolute Gasteiger partial charge is 0.376 e. The lowest BCUT2D eigenvalue weighted by molar-refractivity contribution is -1.03. The van der Waals surface area contributed by atoms with Gasteiger partial charge in [0.05, 0.1) is 19.2 Å². The van der Waals surface area contributed by atoms with E-state index in [4.69, 9.17) is 4.74 Å². The standard InChI is InChI=1S/C16H30N6O/c1-3-6-15(21-10-8-20(4-2)9-11-21)16-17-18-19-22(16)13-14-7-5-12-23-14/h14-15H,3-13H2,1-2H3/p+2/t14-,15+/m0/s1. The number of ether oxygens (including phenoxy) is 1. The van der Waals surface area contributed by atoms with Crippen molar-refractivity contribution in [3.8, 4) is 0 Å². The van der Waals surface area contributed by atoms with Crippen molar-refractivity contribution in [1.82, 2.24) is 20.2 Å². The molecule has 3 heterocycles. The Hall–Kier alpha value is -1.05. The van der Waals surface area contributed by atoms with Crippen LogP contribution in [0.2, 0.25) is 0 Å². The zero-order valence-corrected chi connectivity index (χ0v) is 14.6. The minimum Gasteiger partial charge on any atom is -0.376 e. The van der Waals surface area contributed by atoms with E-state index in [2.05, 4.69) is 29.4 Å². The first-order valence-corrected chi connectivity index (χ1v) is 9.37. The third kappa shape index (κ3) is 4.08. The molecule has 1 aromatic rings. The molecule has 0 spiro atoms. The van der Waals surface area contributed by atoms with Gasteiger partial charge in [-0.15, -0.1) is 5.10 Å². The number of tetrazole rings is 1. The highest BCUT2D eigenvalue weighted by atomic mass is 16.5. The molecule has 1 aromatic heterocycles. The normalized spacial score (nSPS) is 29.7. The molecule has 23 heavy (non-hydrogen) atoms. The molecule has 7 heteroatoms. The van der Waals surface area contributed by atoms with E-state index in [0.717, 1.165) is 38.2 Å². The Morgan fingerprint density at radius 3 is 2.74 bits per heavy atom. The van der Waals surface area contributed by atoms with Gasteiger partial charge in [0.2, 0.25) is 5.82 Å². The summed E-state index contributed by atoms with van der Waals surface area (Å²) in [6, 6.07) is 0.426. The number of piperazine rings is 1. The fourth-order valence-electron chi connectivity index (χ4n) is 4.00. The number of quaternary nitrogens is 2. The molecule has 0 unspecified atom stereocenters. The first-order chi connectivity index (χ1) is 11.3. The zero-order chi connectivity index (χ0) is 16.1. The SMILES string of the molecule is CCC[C@H](c1nnnn1C[C@@H]1CCCO1)[NH+]1CC[NH+](CC)CC1. The number of aromatic nitrogens is 4. The van der Waals surface area contributed by atoms with Gasteiger partial charge in [0.1, 0.15) is 32.2 Å². The second kappa shape index (κ2) is 8.17. The van der Waals surface area contributed by atoms with Crippen molar-refractivity contribution in [3.05, 3.63) is 5.82 Å². The van der Waals surface area contributed by atoms with Gasteiger partial charge in [0.25, 0.3) is 0 Å². The van der Waals surface area contributed by atoms with Crippen LogP contribution in [-0.2, 0) is 11.3 Å². The summed E-state index contributed by atoms with van der Waals surface area (Å²) in [7, 11) is 0. The fraction of sp³-hybridized carbons (Fsp3) is 0.938. The maximum atomic E-state index is 5.77. The van der Waals surface area contributed by atoms with Crippen molar-refractivity contribution in [1.29, 1.82) is 0 Å². The van der Waals surface area contributed by atoms with Gasteiger partial charge in [-0.25, -0.2) is 4.68 Å². The summed E-state index contributed by atoms with van der Waals surface area (Å²) in [6.45, 7) is 12.4. The number of nitrogens with one attached hydrogen (secondary N) is 2. The number of rotatable bonds is 7. The maximum Gasteiger partial charge on any atom is 0.209 e. The highest BCUT2D eigenvalue weighted by Crippen LogP contribution is 2.17. The summed E-state index contributed by atoms with van der Waals surface area (Å²) >= 11 is 0. The van der Waals surface area contributed by atoms with Crippen LogP contribution in [0.15, 0.2) is 0 Å². The van der Waals surface area contributed by atoms with Gasteiger partial charge in [-0.1, -0.05) is 13.3 Å². The van der Waals surface area contributed by atoms with Crippen molar-refractivity contribution >= 4 is 0 Å². The highest BCUT2D eigenvalue weighted by Gasteiger charge is 2.33. The van der Waals surface area contributed by atoms with Crippen LogP contribution >= 0.6 is 0 Å². The van der Waals surface area contributed by atoms with E-state index in [9.17, 15) is 0 Å². The smallest absolute Gasteiger partial charge is 0.209 e. The Morgan fingerprint density at radius 1 is 1.26 bits per heavy atom. The van der Waals surface area contributed by atoms with Crippen LogP contribution in [0.5, 0.6) is 0 Å². The Labute approximate surface area is 139 Å². The van der Waals surface area contributed by atoms with Crippen LogP contribution in [0.1, 0.15) is 51.4 Å². The fourth-order valence-corrected chi connectivity index (χ4v) is 4.00. The molecular formula is C16H32N6O+2. The average molecular weight is 324 g/mol. The Kier molecular flexibility index (Phi) is 5.96. The van der Waals surface area contributed by atoms with Gasteiger partial charge in [0.15, 0.2) is 0 Å². The van der Waals surface area contributed by atoms with Gasteiger partial charge in [-0.05, 0) is 30.2 Å². The van der Waals surface area contributed by atoms with Crippen molar-refractivity contribution in [2.45, 2.75) is 58.2 Å². The molecule has 3 rings (SSSR count). The van der Waals surface area contributed by atoms with Gasteiger partial charge in [-0.2, -0.15) is 0 Å². The first-order valence-electron chi connectivity index (χ1n) is 9.37. The number of hydrogen-bond donors (Lipinski definition) is 2. The van der Waals surface area contributed by atoms with E-state index in [1.165, 1.54) is 39.1 Å². The zero-order valence-electron chi connectivity index (χ0n) is 14.6. The van der Waals surface area contributed by atoms with E-state index in [1.807, 2.05) is 4.68 Å². The molecule has 2 aliphatic heterocycles. The summed E-state index contributed by atoms with van der Waals surface area (Å²) in [5.74, 6) is 1.07. The van der Waals surface area contributed by atoms with Crippen molar-refractivity contribution < 1.29 is 14.5 Å². The van der Waals surface area contributed by atoms with Crippen LogP contribution in [0.4, 0.5) is 0 Å². The van der Waals surface area contributed by atoms with Crippen LogP contribution in [-0.4, -0.2) is 65.6 Å². The van der Waals surface area contributed by atoms with Crippen molar-refractivity contribution in [2.75, 3.05) is 39.3 Å². The van der Waals surface area contributed by atoms with E-state index in [1.54, 1.807) is 9.80 Å². The van der Waals surface area contributed by atoms with E-state index < -0.39 is 0 Å². The van der Waals surface area contributed by atoms with Crippen LogP contribution < -0.4 is 9.80 Å². The molecule has 130 valence electrons. The minimum absolute atomic E-state index is 0.288. The Balaban J connectivity index is 1.69. The second-order valence-corrected chi connectivity index (χ2v) is 6.96. The summed E-state index contributed by atoms with van der Waals surface area (Å²) in [4.78, 5) is 3.38. The Morgan fingerprint density at radius 2 is 2.09 bits per heavy atom. The molecule has 0 aromatic carbocycles. The monoisotopic (exact) mass is 324 g/mol. The predicted octanol–water partition coefficient (Wildman–Crippen LogP) is -1.50. The summed E-state index contributed by atoms with van der Waals surface area (Å²) in [5, 5.41) is 12.7. The summed E-state index contributed by atoms with van der Waals surface area (Å²) in [6.07, 6.45) is 4.90. The lowest BCUT2D eigenvalue weighted by atomic mass is 10.1. The minimum atomic E-state index is 0.288. The molecular weight excluding hydrogens is 292 g/mol. The molecule has 2 saturated heterocycles. The molecule has 2 aliphatic rings. The first kappa shape index (κ1) is 16.8. The molecule has 2 N–H and O–H groups in total. The highest BCUT2D eigenvalue weighted by molar-refractivity contribution is 4.88. The van der Waals surface area contributed by atoms with Crippen molar-refractivity contribution in [2.24, 2.45) is 0 Å². The third-order valence-corrected chi connectivity index (χ3v) is 5.44. The summed E-state index contributed by atoms with van der Waals surface area (Å²) in [5.41, 5.74) is 0. The number of hydrogen-bond acceptors (Lipinski definition) is 4. The molecule has 2 atom stereocenters. The second-order valence-electron chi connectivity index (χ2n) is 6.96. The van der Waals surface area contributed by atoms with Gasteiger partial charge in [0, 0.05) is 13.0 Å². The van der Waals surface area contributed by atoms with Gasteiger partial charge < -0.3 is 14.5 Å². The third-order valence-electron chi connectivity index (χ3n) is 5.44. The quantitative estimate of drug-likeness (QED) is 0.641. The van der Waals surface area contributed by atoms with E-state index >= 15 is 0 Å². The average Bonchev–Trinajstić information content (AvgIpc) is 3.25. The summed E-state index contributed by atoms with van der Waals surface area (Å²) < 4.78 is 7.78. The molecule has 7 nitrogen and oxygen atoms in total. The number of likely N-dealkylation sites (N-methyl/N-ethyl adjacent to an activating group) is 1. The van der Waals surface area contributed by atoms with E-state index in [-0.39, 0.29) is 6.10 Å². The molecule has 0 aliphatic carbocycles. The molecule has 0 bridgehead atoms. The molecule has 0 saturated carbocycles. The maximum absolute atomic E-state index is 5.77.